The Hall–Kier alpha value is -2.08. The molecule has 0 saturated carbocycles. The van der Waals surface area contributed by atoms with Crippen molar-refractivity contribution in [1.29, 1.82) is 0 Å². The molecule has 0 aliphatic rings. The molecule has 0 heterocycles. The molecule has 0 spiro atoms. The number of unbranched alkanes of at least 4 members (excludes halogenated alkanes) is 10. The van der Waals surface area contributed by atoms with Crippen LogP contribution in [0.2, 0.25) is 0 Å². The number of phenols is 1. The van der Waals surface area contributed by atoms with Gasteiger partial charge in [-0.3, -0.25) is 4.79 Å². The van der Waals surface area contributed by atoms with Gasteiger partial charge in [0.25, 0.3) is 0 Å². The van der Waals surface area contributed by atoms with E-state index in [0.29, 0.717) is 6.42 Å². The summed E-state index contributed by atoms with van der Waals surface area (Å²) < 4.78 is 0. The summed E-state index contributed by atoms with van der Waals surface area (Å²) in [5.74, 6) is -1.99. The van der Waals surface area contributed by atoms with Crippen molar-refractivity contribution in [2.45, 2.75) is 109 Å². The van der Waals surface area contributed by atoms with Crippen molar-refractivity contribution in [2.24, 2.45) is 0 Å². The summed E-state index contributed by atoms with van der Waals surface area (Å²) in [5, 5.41) is 35.7. The fraction of sp³-hybridized carbons (Fsp3) is 0.680. The lowest BCUT2D eigenvalue weighted by molar-refractivity contribution is -0.137. The topological polar surface area (TPSA) is 115 Å². The number of hydrogen-bond acceptors (Lipinski definition) is 4. The first-order chi connectivity index (χ1) is 14.9. The van der Waals surface area contributed by atoms with Gasteiger partial charge in [-0.15, -0.1) is 0 Å². The number of carboxylic acid groups (broad SMARTS) is 2. The third-order valence-corrected chi connectivity index (χ3v) is 5.20. The Labute approximate surface area is 187 Å². The highest BCUT2D eigenvalue weighted by Crippen LogP contribution is 2.15. The first-order valence-corrected chi connectivity index (χ1v) is 11.8. The second-order valence-electron chi connectivity index (χ2n) is 8.09. The minimum absolute atomic E-state index is 0.0671. The van der Waals surface area contributed by atoms with E-state index in [0.717, 1.165) is 38.5 Å². The molecular weight excluding hydrogens is 396 g/mol. The fourth-order valence-electron chi connectivity index (χ4n) is 3.32. The summed E-state index contributed by atoms with van der Waals surface area (Å²) in [6.07, 6.45) is 16.3. The zero-order chi connectivity index (χ0) is 23.3. The standard InChI is InChI=1S/C18H36O3.C7H6O3/c1-2-3-4-11-14-17(19)15-12-9-7-5-6-8-10-13-16-18(20)21;8-6-4-2-1-3-5(6)7(9)10/h17,19H,2-16H2,1H3,(H,20,21);1-4,8H,(H,9,10). The molecule has 0 aliphatic carbocycles. The Kier molecular flexibility index (Phi) is 18.5. The lowest BCUT2D eigenvalue weighted by Crippen LogP contribution is -2.05. The molecule has 1 rings (SSSR count). The minimum atomic E-state index is -1.11. The molecule has 1 aromatic carbocycles. The van der Waals surface area contributed by atoms with Crippen LogP contribution < -0.4 is 0 Å². The van der Waals surface area contributed by atoms with E-state index in [1.54, 1.807) is 12.1 Å². The molecule has 0 fully saturated rings. The maximum absolute atomic E-state index is 10.3. The van der Waals surface area contributed by atoms with E-state index in [1.165, 1.54) is 63.5 Å². The van der Waals surface area contributed by atoms with E-state index < -0.39 is 11.9 Å². The van der Waals surface area contributed by atoms with Gasteiger partial charge in [-0.1, -0.05) is 89.7 Å². The van der Waals surface area contributed by atoms with E-state index in [4.69, 9.17) is 15.3 Å². The van der Waals surface area contributed by atoms with Crippen LogP contribution in [-0.4, -0.2) is 38.5 Å². The van der Waals surface area contributed by atoms with E-state index >= 15 is 0 Å². The number of benzene rings is 1. The highest BCUT2D eigenvalue weighted by molar-refractivity contribution is 5.90. The average molecular weight is 439 g/mol. The van der Waals surface area contributed by atoms with Gasteiger partial charge in [-0.25, -0.2) is 4.79 Å². The first kappa shape index (κ1) is 28.9. The Morgan fingerprint density at radius 1 is 0.774 bits per heavy atom. The van der Waals surface area contributed by atoms with Crippen molar-refractivity contribution in [3.05, 3.63) is 29.8 Å². The van der Waals surface area contributed by atoms with Gasteiger partial charge in [0.1, 0.15) is 11.3 Å². The summed E-state index contributed by atoms with van der Waals surface area (Å²) in [6, 6.07) is 5.81. The molecule has 1 atom stereocenters. The molecule has 0 saturated heterocycles. The molecular formula is C25H42O6. The second-order valence-corrected chi connectivity index (χ2v) is 8.09. The molecule has 0 amide bonds. The van der Waals surface area contributed by atoms with Gasteiger partial charge < -0.3 is 20.4 Å². The summed E-state index contributed by atoms with van der Waals surface area (Å²) in [4.78, 5) is 20.6. The fourth-order valence-corrected chi connectivity index (χ4v) is 3.32. The maximum atomic E-state index is 10.3. The molecule has 31 heavy (non-hydrogen) atoms. The van der Waals surface area contributed by atoms with Gasteiger partial charge >= 0.3 is 11.9 Å². The largest absolute Gasteiger partial charge is 0.507 e. The van der Waals surface area contributed by atoms with Crippen LogP contribution in [0.25, 0.3) is 0 Å². The average Bonchev–Trinajstić information content (AvgIpc) is 2.73. The van der Waals surface area contributed by atoms with E-state index in [9.17, 15) is 14.7 Å². The van der Waals surface area contributed by atoms with Crippen molar-refractivity contribution in [3.63, 3.8) is 0 Å². The Balaban J connectivity index is 0.000000743. The molecule has 1 aromatic rings. The molecule has 0 aromatic heterocycles. The number of rotatable bonds is 17. The van der Waals surface area contributed by atoms with Crippen molar-refractivity contribution in [3.8, 4) is 5.75 Å². The molecule has 0 aliphatic heterocycles. The van der Waals surface area contributed by atoms with Crippen LogP contribution in [-0.2, 0) is 4.79 Å². The molecule has 4 N–H and O–H groups in total. The van der Waals surface area contributed by atoms with E-state index in [-0.39, 0.29) is 17.4 Å². The normalized spacial score (nSPS) is 11.4. The highest BCUT2D eigenvalue weighted by atomic mass is 16.4. The van der Waals surface area contributed by atoms with Crippen LogP contribution >= 0.6 is 0 Å². The summed E-state index contributed by atoms with van der Waals surface area (Å²) >= 11 is 0. The number of para-hydroxylation sites is 1. The van der Waals surface area contributed by atoms with Gasteiger partial charge in [0.15, 0.2) is 0 Å². The zero-order valence-corrected chi connectivity index (χ0v) is 19.1. The smallest absolute Gasteiger partial charge is 0.339 e. The third-order valence-electron chi connectivity index (χ3n) is 5.20. The monoisotopic (exact) mass is 438 g/mol. The molecule has 178 valence electrons. The van der Waals surface area contributed by atoms with Crippen LogP contribution in [0.15, 0.2) is 24.3 Å². The number of aliphatic hydroxyl groups is 1. The summed E-state index contributed by atoms with van der Waals surface area (Å²) in [7, 11) is 0. The number of aliphatic carboxylic acids is 1. The zero-order valence-electron chi connectivity index (χ0n) is 19.1. The number of aromatic hydroxyl groups is 1. The predicted octanol–water partition coefficient (Wildman–Crippen LogP) is 6.39. The van der Waals surface area contributed by atoms with Gasteiger partial charge in [0.2, 0.25) is 0 Å². The van der Waals surface area contributed by atoms with Crippen molar-refractivity contribution >= 4 is 11.9 Å². The van der Waals surface area contributed by atoms with Gasteiger partial charge in [0.05, 0.1) is 6.10 Å². The van der Waals surface area contributed by atoms with Crippen molar-refractivity contribution in [2.75, 3.05) is 0 Å². The summed E-state index contributed by atoms with van der Waals surface area (Å²) in [6.45, 7) is 2.21. The van der Waals surface area contributed by atoms with E-state index in [1.807, 2.05) is 0 Å². The Morgan fingerprint density at radius 3 is 1.71 bits per heavy atom. The SMILES string of the molecule is CCCCCCC(O)CCCCCCCCCCC(=O)O.O=C(O)c1ccccc1O. The number of aliphatic hydroxyl groups excluding tert-OH is 1. The molecule has 1 unspecified atom stereocenters. The van der Waals surface area contributed by atoms with Crippen LogP contribution in [0.3, 0.4) is 0 Å². The minimum Gasteiger partial charge on any atom is -0.507 e. The number of carboxylic acids is 2. The second kappa shape index (κ2) is 19.9. The number of aromatic carboxylic acids is 1. The molecule has 6 nitrogen and oxygen atoms in total. The molecule has 0 radical (unpaired) electrons. The van der Waals surface area contributed by atoms with Gasteiger partial charge in [-0.05, 0) is 31.4 Å². The Morgan fingerprint density at radius 2 is 1.26 bits per heavy atom. The quantitative estimate of drug-likeness (QED) is 0.209. The van der Waals surface area contributed by atoms with Crippen LogP contribution in [0.4, 0.5) is 0 Å². The predicted molar refractivity (Wildman–Crippen MR) is 124 cm³/mol. The lowest BCUT2D eigenvalue weighted by Gasteiger charge is -2.10. The molecule has 0 bridgehead atoms. The third kappa shape index (κ3) is 18.4. The maximum Gasteiger partial charge on any atom is 0.339 e. The van der Waals surface area contributed by atoms with Gasteiger partial charge in [-0.2, -0.15) is 0 Å². The van der Waals surface area contributed by atoms with Gasteiger partial charge in [0, 0.05) is 6.42 Å². The van der Waals surface area contributed by atoms with Crippen molar-refractivity contribution in [1.82, 2.24) is 0 Å². The Bertz CT molecular complexity index is 587. The van der Waals surface area contributed by atoms with Crippen LogP contribution in [0.1, 0.15) is 114 Å². The highest BCUT2D eigenvalue weighted by Gasteiger charge is 2.06. The van der Waals surface area contributed by atoms with Crippen LogP contribution in [0, 0.1) is 0 Å². The molecule has 6 heteroatoms. The first-order valence-electron chi connectivity index (χ1n) is 11.8. The lowest BCUT2D eigenvalue weighted by atomic mass is 10.0. The van der Waals surface area contributed by atoms with E-state index in [2.05, 4.69) is 6.92 Å². The van der Waals surface area contributed by atoms with Crippen LogP contribution in [0.5, 0.6) is 5.75 Å². The number of carbonyl (C=O) groups is 2. The summed E-state index contributed by atoms with van der Waals surface area (Å²) in [5.41, 5.74) is -0.0671. The number of hydrogen-bond donors (Lipinski definition) is 4. The van der Waals surface area contributed by atoms with Crippen molar-refractivity contribution < 1.29 is 30.0 Å².